The van der Waals surface area contributed by atoms with E-state index < -0.39 is 0 Å². The summed E-state index contributed by atoms with van der Waals surface area (Å²) in [6.07, 6.45) is 2.01. The molecule has 0 radical (unpaired) electrons. The summed E-state index contributed by atoms with van der Waals surface area (Å²) in [5.74, 6) is 0.737. The first-order valence-electron chi connectivity index (χ1n) is 8.51. The lowest BCUT2D eigenvalue weighted by atomic mass is 10.0. The molecular formula is C19H25N3O2. The molecule has 0 aliphatic carbocycles. The van der Waals surface area contributed by atoms with Gasteiger partial charge in [0.05, 0.1) is 13.2 Å². The molecule has 5 nitrogen and oxygen atoms in total. The molecule has 0 saturated heterocycles. The fraction of sp³-hybridized carbons (Fsp3) is 0.421. The van der Waals surface area contributed by atoms with Crippen LogP contribution in [-0.4, -0.2) is 29.2 Å². The smallest absolute Gasteiger partial charge is 0.322 e. The van der Waals surface area contributed by atoms with Crippen molar-refractivity contribution in [3.63, 3.8) is 0 Å². The second-order valence-corrected chi connectivity index (χ2v) is 6.21. The summed E-state index contributed by atoms with van der Waals surface area (Å²) >= 11 is 0. The van der Waals surface area contributed by atoms with Gasteiger partial charge in [-0.2, -0.15) is 0 Å². The Morgan fingerprint density at radius 2 is 2.12 bits per heavy atom. The molecule has 0 saturated carbocycles. The molecule has 24 heavy (non-hydrogen) atoms. The maximum Gasteiger partial charge on any atom is 0.322 e. The first-order valence-corrected chi connectivity index (χ1v) is 8.51. The van der Waals surface area contributed by atoms with Gasteiger partial charge in [-0.3, -0.25) is 0 Å². The number of hydrogen-bond donors (Lipinski definition) is 1. The van der Waals surface area contributed by atoms with Gasteiger partial charge in [0.2, 0.25) is 0 Å². The zero-order valence-electron chi connectivity index (χ0n) is 14.6. The molecule has 3 rings (SSSR count). The zero-order valence-corrected chi connectivity index (χ0v) is 14.6. The average Bonchev–Trinajstić information content (AvgIpc) is 2.97. The van der Waals surface area contributed by atoms with Crippen LogP contribution in [0, 0.1) is 6.92 Å². The molecule has 1 atom stereocenters. The highest BCUT2D eigenvalue weighted by molar-refractivity contribution is 5.90. The predicted molar refractivity (Wildman–Crippen MR) is 95.5 cm³/mol. The van der Waals surface area contributed by atoms with Gasteiger partial charge in [0.25, 0.3) is 0 Å². The van der Waals surface area contributed by atoms with E-state index in [9.17, 15) is 4.79 Å². The number of aryl methyl sites for hydroxylation is 1. The van der Waals surface area contributed by atoms with E-state index >= 15 is 0 Å². The van der Waals surface area contributed by atoms with E-state index in [1.54, 1.807) is 7.11 Å². The molecule has 0 spiro atoms. The number of anilines is 1. The zero-order chi connectivity index (χ0) is 17.1. The van der Waals surface area contributed by atoms with Gasteiger partial charge in [-0.25, -0.2) is 4.79 Å². The van der Waals surface area contributed by atoms with Crippen molar-refractivity contribution in [3.8, 4) is 5.75 Å². The second-order valence-electron chi connectivity index (χ2n) is 6.21. The molecule has 1 aromatic carbocycles. The summed E-state index contributed by atoms with van der Waals surface area (Å²) in [6.45, 7) is 5.86. The van der Waals surface area contributed by atoms with Crippen LogP contribution >= 0.6 is 0 Å². The van der Waals surface area contributed by atoms with Crippen LogP contribution in [0.15, 0.2) is 36.4 Å². The number of urea groups is 1. The van der Waals surface area contributed by atoms with Crippen LogP contribution in [0.3, 0.4) is 0 Å². The maximum atomic E-state index is 12.8. The summed E-state index contributed by atoms with van der Waals surface area (Å²) in [7, 11) is 1.62. The first-order chi connectivity index (χ1) is 11.6. The number of nitrogens with one attached hydrogen (secondary N) is 1. The summed E-state index contributed by atoms with van der Waals surface area (Å²) in [5, 5.41) is 3.01. The van der Waals surface area contributed by atoms with E-state index in [0.717, 1.165) is 37.4 Å². The number of benzene rings is 1. The highest BCUT2D eigenvalue weighted by Gasteiger charge is 2.31. The van der Waals surface area contributed by atoms with Crippen molar-refractivity contribution in [1.82, 2.24) is 9.47 Å². The normalized spacial score (nSPS) is 16.6. The predicted octanol–water partition coefficient (Wildman–Crippen LogP) is 4.19. The third-order valence-corrected chi connectivity index (χ3v) is 4.66. The number of aromatic nitrogens is 1. The average molecular weight is 327 g/mol. The second kappa shape index (κ2) is 6.99. The molecule has 1 aromatic heterocycles. The van der Waals surface area contributed by atoms with Gasteiger partial charge in [-0.15, -0.1) is 0 Å². The van der Waals surface area contributed by atoms with Crippen molar-refractivity contribution in [2.75, 3.05) is 19.0 Å². The Morgan fingerprint density at radius 3 is 2.88 bits per heavy atom. The molecule has 2 amide bonds. The Morgan fingerprint density at radius 1 is 1.29 bits per heavy atom. The molecule has 5 heteroatoms. The minimum atomic E-state index is -0.0493. The van der Waals surface area contributed by atoms with Crippen molar-refractivity contribution < 1.29 is 9.53 Å². The van der Waals surface area contributed by atoms with E-state index in [1.807, 2.05) is 29.2 Å². The lowest BCUT2D eigenvalue weighted by Crippen LogP contribution is -2.44. The fourth-order valence-corrected chi connectivity index (χ4v) is 3.43. The van der Waals surface area contributed by atoms with Crippen molar-refractivity contribution >= 4 is 11.7 Å². The van der Waals surface area contributed by atoms with E-state index in [1.165, 1.54) is 11.4 Å². The number of carbonyl (C=O) groups excluding carboxylic acids is 1. The Hall–Kier alpha value is -2.43. The van der Waals surface area contributed by atoms with Gasteiger partial charge in [0.1, 0.15) is 5.75 Å². The third kappa shape index (κ3) is 3.11. The molecule has 1 aliphatic rings. The Bertz CT molecular complexity index is 723. The van der Waals surface area contributed by atoms with Crippen LogP contribution < -0.4 is 10.1 Å². The minimum absolute atomic E-state index is 0.0493. The van der Waals surface area contributed by atoms with Gasteiger partial charge in [-0.05, 0) is 37.6 Å². The van der Waals surface area contributed by atoms with Gasteiger partial charge in [-0.1, -0.05) is 19.4 Å². The van der Waals surface area contributed by atoms with E-state index in [4.69, 9.17) is 4.74 Å². The number of rotatable bonds is 4. The number of hydrogen-bond acceptors (Lipinski definition) is 2. The Kier molecular flexibility index (Phi) is 4.79. The summed E-state index contributed by atoms with van der Waals surface area (Å²) in [4.78, 5) is 14.8. The lowest BCUT2D eigenvalue weighted by Gasteiger charge is -2.37. The number of methoxy groups -OCH3 is 1. The molecule has 0 fully saturated rings. The quantitative estimate of drug-likeness (QED) is 0.915. The Labute approximate surface area is 143 Å². The number of carbonyl (C=O) groups is 1. The van der Waals surface area contributed by atoms with Crippen LogP contribution in [-0.2, 0) is 6.54 Å². The van der Waals surface area contributed by atoms with Crippen LogP contribution in [0.5, 0.6) is 5.75 Å². The molecule has 1 aliphatic heterocycles. The number of amides is 2. The molecule has 2 aromatic rings. The van der Waals surface area contributed by atoms with Crippen LogP contribution in [0.4, 0.5) is 10.5 Å². The number of fused-ring (bicyclic) bond motifs is 1. The highest BCUT2D eigenvalue weighted by atomic mass is 16.5. The SMILES string of the molecule is CCC[C@@H]1c2ccc(C)n2CCN1C(=O)Nc1cccc(OC)c1. The number of ether oxygens (including phenoxy) is 1. The van der Waals surface area contributed by atoms with Crippen molar-refractivity contribution in [1.29, 1.82) is 0 Å². The minimum Gasteiger partial charge on any atom is -0.497 e. The highest BCUT2D eigenvalue weighted by Crippen LogP contribution is 2.32. The monoisotopic (exact) mass is 327 g/mol. The summed E-state index contributed by atoms with van der Waals surface area (Å²) in [5.41, 5.74) is 3.26. The van der Waals surface area contributed by atoms with Crippen molar-refractivity contribution in [2.24, 2.45) is 0 Å². The Balaban J connectivity index is 1.80. The summed E-state index contributed by atoms with van der Waals surface area (Å²) in [6, 6.07) is 11.8. The van der Waals surface area contributed by atoms with Crippen molar-refractivity contribution in [3.05, 3.63) is 47.8 Å². The van der Waals surface area contributed by atoms with E-state index in [2.05, 4.69) is 35.9 Å². The van der Waals surface area contributed by atoms with Gasteiger partial charge < -0.3 is 19.5 Å². The summed E-state index contributed by atoms with van der Waals surface area (Å²) < 4.78 is 7.55. The maximum absolute atomic E-state index is 12.8. The molecular weight excluding hydrogens is 302 g/mol. The lowest BCUT2D eigenvalue weighted by molar-refractivity contribution is 0.162. The van der Waals surface area contributed by atoms with Gasteiger partial charge in [0.15, 0.2) is 0 Å². The van der Waals surface area contributed by atoms with Crippen molar-refractivity contribution in [2.45, 2.75) is 39.3 Å². The third-order valence-electron chi connectivity index (χ3n) is 4.66. The molecule has 0 bridgehead atoms. The van der Waals surface area contributed by atoms with Crippen LogP contribution in [0.2, 0.25) is 0 Å². The van der Waals surface area contributed by atoms with E-state index in [-0.39, 0.29) is 12.1 Å². The molecule has 1 N–H and O–H groups in total. The molecule has 0 unspecified atom stereocenters. The standard InChI is InChI=1S/C19H25N3O2/c1-4-6-17-18-10-9-14(2)21(18)11-12-22(17)19(23)20-15-7-5-8-16(13-15)24-3/h5,7-10,13,17H,4,6,11-12H2,1-3H3,(H,20,23)/t17-/m1/s1. The van der Waals surface area contributed by atoms with Crippen LogP contribution in [0.25, 0.3) is 0 Å². The van der Waals surface area contributed by atoms with E-state index in [0.29, 0.717) is 0 Å². The van der Waals surface area contributed by atoms with Gasteiger partial charge in [0, 0.05) is 36.2 Å². The topological polar surface area (TPSA) is 46.5 Å². The fourth-order valence-electron chi connectivity index (χ4n) is 3.43. The first kappa shape index (κ1) is 16.4. The van der Waals surface area contributed by atoms with Crippen LogP contribution in [0.1, 0.15) is 37.2 Å². The molecule has 2 heterocycles. The van der Waals surface area contributed by atoms with Gasteiger partial charge >= 0.3 is 6.03 Å². The largest absolute Gasteiger partial charge is 0.497 e. The number of nitrogens with zero attached hydrogens (tertiary/aromatic N) is 2. The molecule has 128 valence electrons.